The van der Waals surface area contributed by atoms with Crippen LogP contribution in [0, 0.1) is 36.5 Å². The van der Waals surface area contributed by atoms with E-state index in [1.54, 1.807) is 37.4 Å². The van der Waals surface area contributed by atoms with Crippen molar-refractivity contribution in [3.8, 4) is 12.1 Å². The fourth-order valence-corrected chi connectivity index (χ4v) is 2.95. The highest BCUT2D eigenvalue weighted by atomic mass is 16.1. The molecule has 0 fully saturated rings. The molecule has 2 N–H and O–H groups in total. The Morgan fingerprint density at radius 2 is 1.73 bits per heavy atom. The fourth-order valence-electron chi connectivity index (χ4n) is 2.95. The molecule has 30 heavy (non-hydrogen) atoms. The Kier molecular flexibility index (Phi) is 5.90. The summed E-state index contributed by atoms with van der Waals surface area (Å²) in [5.41, 5.74) is 4.36. The molecule has 148 valence electrons. The standard InChI is InChI=1S/C22H19N7O/c1-14-11-17(5-4-10-23)12-15(2)19(14)26-20-21(30)29(3)28-22(27-20)25-18-8-6-16(13-24)7-9-18/h4-9,11-12H,1-3H3,(H2,25,26,27,28)/b5-4+. The third-order valence-electron chi connectivity index (χ3n) is 4.38. The predicted molar refractivity (Wildman–Crippen MR) is 116 cm³/mol. The van der Waals surface area contributed by atoms with Gasteiger partial charge in [-0.3, -0.25) is 4.79 Å². The van der Waals surface area contributed by atoms with Crippen molar-refractivity contribution in [2.45, 2.75) is 13.8 Å². The Hall–Kier alpha value is -4.43. The van der Waals surface area contributed by atoms with Crippen LogP contribution in [0.15, 0.2) is 47.3 Å². The van der Waals surface area contributed by atoms with E-state index in [0.29, 0.717) is 11.3 Å². The van der Waals surface area contributed by atoms with Gasteiger partial charge in [0.25, 0.3) is 0 Å². The number of anilines is 4. The van der Waals surface area contributed by atoms with Gasteiger partial charge in [0.15, 0.2) is 0 Å². The fraction of sp³-hybridized carbons (Fsp3) is 0.136. The van der Waals surface area contributed by atoms with E-state index in [1.807, 2.05) is 32.0 Å². The maximum Gasteiger partial charge on any atom is 0.309 e. The molecular formula is C22H19N7O. The first-order chi connectivity index (χ1) is 14.4. The zero-order chi connectivity index (χ0) is 21.7. The van der Waals surface area contributed by atoms with E-state index in [-0.39, 0.29) is 17.3 Å². The molecule has 0 aliphatic rings. The van der Waals surface area contributed by atoms with Gasteiger partial charge in [0.05, 0.1) is 17.7 Å². The van der Waals surface area contributed by atoms with Crippen molar-refractivity contribution in [1.29, 1.82) is 10.5 Å². The highest BCUT2D eigenvalue weighted by molar-refractivity contribution is 5.69. The molecule has 8 heteroatoms. The van der Waals surface area contributed by atoms with Crippen LogP contribution < -0.4 is 16.2 Å². The smallest absolute Gasteiger partial charge is 0.309 e. The second-order valence-corrected chi connectivity index (χ2v) is 6.64. The molecule has 3 rings (SSSR count). The van der Waals surface area contributed by atoms with E-state index in [2.05, 4.69) is 26.8 Å². The van der Waals surface area contributed by atoms with Gasteiger partial charge in [-0.2, -0.15) is 15.5 Å². The number of aryl methyl sites for hydroxylation is 3. The Morgan fingerprint density at radius 3 is 2.33 bits per heavy atom. The summed E-state index contributed by atoms with van der Waals surface area (Å²) in [6.45, 7) is 3.83. The second kappa shape index (κ2) is 8.72. The quantitative estimate of drug-likeness (QED) is 0.630. The van der Waals surface area contributed by atoms with Crippen LogP contribution in [-0.2, 0) is 7.05 Å². The number of benzene rings is 2. The lowest BCUT2D eigenvalue weighted by atomic mass is 10.0. The van der Waals surface area contributed by atoms with Gasteiger partial charge in [-0.1, -0.05) is 0 Å². The van der Waals surface area contributed by atoms with Crippen LogP contribution in [-0.4, -0.2) is 14.8 Å². The van der Waals surface area contributed by atoms with Crippen LogP contribution in [0.1, 0.15) is 22.3 Å². The first-order valence-corrected chi connectivity index (χ1v) is 9.08. The van der Waals surface area contributed by atoms with Gasteiger partial charge in [0.1, 0.15) is 0 Å². The average molecular weight is 397 g/mol. The lowest BCUT2D eigenvalue weighted by Crippen LogP contribution is -2.25. The third-order valence-corrected chi connectivity index (χ3v) is 4.38. The number of allylic oxidation sites excluding steroid dienone is 1. The average Bonchev–Trinajstić information content (AvgIpc) is 2.73. The minimum Gasteiger partial charge on any atom is -0.335 e. The van der Waals surface area contributed by atoms with Crippen LogP contribution in [0.2, 0.25) is 0 Å². The van der Waals surface area contributed by atoms with Crippen molar-refractivity contribution in [1.82, 2.24) is 14.8 Å². The minimum absolute atomic E-state index is 0.134. The maximum atomic E-state index is 12.6. The summed E-state index contributed by atoms with van der Waals surface area (Å²) in [7, 11) is 1.55. The lowest BCUT2D eigenvalue weighted by Gasteiger charge is -2.14. The first kappa shape index (κ1) is 20.3. The van der Waals surface area contributed by atoms with Crippen molar-refractivity contribution < 1.29 is 0 Å². The van der Waals surface area contributed by atoms with Gasteiger partial charge < -0.3 is 10.6 Å². The molecule has 1 aromatic heterocycles. The molecule has 1 heterocycles. The molecule has 0 amide bonds. The predicted octanol–water partition coefficient (Wildman–Crippen LogP) is 3.69. The summed E-state index contributed by atoms with van der Waals surface area (Å²) in [5, 5.41) is 27.9. The molecule has 0 bridgehead atoms. The molecule has 0 saturated carbocycles. The molecule has 0 spiro atoms. The van der Waals surface area contributed by atoms with E-state index in [4.69, 9.17) is 10.5 Å². The summed E-state index contributed by atoms with van der Waals surface area (Å²) in [6.07, 6.45) is 3.15. The van der Waals surface area contributed by atoms with Crippen LogP contribution in [0.25, 0.3) is 6.08 Å². The molecule has 0 radical (unpaired) electrons. The van der Waals surface area contributed by atoms with Gasteiger partial charge in [0, 0.05) is 24.5 Å². The van der Waals surface area contributed by atoms with Gasteiger partial charge >= 0.3 is 5.56 Å². The number of nitriles is 2. The molecule has 8 nitrogen and oxygen atoms in total. The van der Waals surface area contributed by atoms with Crippen molar-refractivity contribution in [2.24, 2.45) is 7.05 Å². The van der Waals surface area contributed by atoms with Crippen molar-refractivity contribution in [3.63, 3.8) is 0 Å². The summed E-state index contributed by atoms with van der Waals surface area (Å²) >= 11 is 0. The molecule has 0 atom stereocenters. The van der Waals surface area contributed by atoms with Crippen LogP contribution >= 0.6 is 0 Å². The Morgan fingerprint density at radius 1 is 1.07 bits per heavy atom. The third kappa shape index (κ3) is 4.51. The van der Waals surface area contributed by atoms with Crippen LogP contribution in [0.4, 0.5) is 23.1 Å². The molecule has 0 aliphatic heterocycles. The Bertz CT molecular complexity index is 1240. The maximum absolute atomic E-state index is 12.6. The summed E-state index contributed by atoms with van der Waals surface area (Å²) in [5.74, 6) is 0.378. The minimum atomic E-state index is -0.368. The van der Waals surface area contributed by atoms with Gasteiger partial charge in [-0.25, -0.2) is 4.68 Å². The van der Waals surface area contributed by atoms with Gasteiger partial charge in [-0.15, -0.1) is 5.10 Å². The monoisotopic (exact) mass is 397 g/mol. The van der Waals surface area contributed by atoms with Crippen LogP contribution in [0.3, 0.4) is 0 Å². The van der Waals surface area contributed by atoms with Crippen molar-refractivity contribution >= 4 is 29.2 Å². The molecule has 0 aliphatic carbocycles. The normalized spacial score (nSPS) is 10.4. The summed E-state index contributed by atoms with van der Waals surface area (Å²) in [4.78, 5) is 16.9. The first-order valence-electron chi connectivity index (χ1n) is 9.08. The SMILES string of the molecule is Cc1cc(/C=C/C#N)cc(C)c1Nc1nc(Nc2ccc(C#N)cc2)nn(C)c1=O. The van der Waals surface area contributed by atoms with E-state index < -0.39 is 0 Å². The molecule has 0 unspecified atom stereocenters. The lowest BCUT2D eigenvalue weighted by molar-refractivity contribution is 0.699. The molecular weight excluding hydrogens is 378 g/mol. The number of nitrogens with one attached hydrogen (secondary N) is 2. The van der Waals surface area contributed by atoms with E-state index >= 15 is 0 Å². The zero-order valence-corrected chi connectivity index (χ0v) is 16.8. The Labute approximate surface area is 173 Å². The number of rotatable bonds is 5. The molecule has 3 aromatic rings. The van der Waals surface area contributed by atoms with Crippen molar-refractivity contribution in [2.75, 3.05) is 10.6 Å². The number of nitrogens with zero attached hydrogens (tertiary/aromatic N) is 5. The van der Waals surface area contributed by atoms with E-state index in [9.17, 15) is 4.79 Å². The largest absolute Gasteiger partial charge is 0.335 e. The van der Waals surface area contributed by atoms with Gasteiger partial charge in [0.2, 0.25) is 11.8 Å². The topological polar surface area (TPSA) is 119 Å². The zero-order valence-electron chi connectivity index (χ0n) is 16.8. The number of hydrogen-bond acceptors (Lipinski definition) is 7. The highest BCUT2D eigenvalue weighted by Gasteiger charge is 2.12. The molecule has 0 saturated heterocycles. The van der Waals surface area contributed by atoms with E-state index in [0.717, 1.165) is 22.4 Å². The number of aromatic nitrogens is 3. The molecule has 2 aromatic carbocycles. The van der Waals surface area contributed by atoms with Crippen LogP contribution in [0.5, 0.6) is 0 Å². The highest BCUT2D eigenvalue weighted by Crippen LogP contribution is 2.25. The number of hydrogen-bond donors (Lipinski definition) is 2. The second-order valence-electron chi connectivity index (χ2n) is 6.64. The van der Waals surface area contributed by atoms with Crippen molar-refractivity contribution in [3.05, 3.63) is 75.1 Å². The van der Waals surface area contributed by atoms with Gasteiger partial charge in [-0.05, 0) is 73.0 Å². The summed E-state index contributed by atoms with van der Waals surface area (Å²) in [6, 6.07) is 14.7. The van der Waals surface area contributed by atoms with E-state index in [1.165, 1.54) is 10.8 Å². The Balaban J connectivity index is 1.93. The summed E-state index contributed by atoms with van der Waals surface area (Å²) < 4.78 is 1.20.